The third-order valence-electron chi connectivity index (χ3n) is 5.38. The molecule has 2 N–H and O–H groups in total. The van der Waals surface area contributed by atoms with Crippen molar-refractivity contribution in [1.29, 1.82) is 0 Å². The zero-order valence-electron chi connectivity index (χ0n) is 17.8. The third kappa shape index (κ3) is 8.01. The number of aromatic nitrogens is 1. The van der Waals surface area contributed by atoms with Crippen LogP contribution in [0.2, 0.25) is 0 Å². The van der Waals surface area contributed by atoms with E-state index in [9.17, 15) is 4.79 Å². The first kappa shape index (κ1) is 24.2. The van der Waals surface area contributed by atoms with Gasteiger partial charge in [0.25, 0.3) is 0 Å². The number of rotatable bonds is 8. The highest BCUT2D eigenvalue weighted by Gasteiger charge is 2.22. The maximum atomic E-state index is 12.6. The number of hydrogen-bond donors (Lipinski definition) is 2. The first-order chi connectivity index (χ1) is 14.2. The summed E-state index contributed by atoms with van der Waals surface area (Å²) in [6.07, 6.45) is 7.32. The van der Waals surface area contributed by atoms with Crippen molar-refractivity contribution >= 4 is 35.8 Å². The van der Waals surface area contributed by atoms with Gasteiger partial charge in [-0.2, -0.15) is 0 Å². The summed E-state index contributed by atoms with van der Waals surface area (Å²) >= 11 is 0. The second-order valence-corrected chi connectivity index (χ2v) is 7.56. The lowest BCUT2D eigenvalue weighted by Crippen LogP contribution is -2.42. The number of guanidine groups is 1. The molecule has 7 heteroatoms. The van der Waals surface area contributed by atoms with Crippen LogP contribution in [0.15, 0.2) is 59.9 Å². The smallest absolute Gasteiger partial charge is 0.244 e. The molecule has 0 unspecified atom stereocenters. The van der Waals surface area contributed by atoms with E-state index >= 15 is 0 Å². The van der Waals surface area contributed by atoms with Gasteiger partial charge < -0.3 is 20.1 Å². The minimum Gasteiger partial charge on any atom is -0.357 e. The summed E-state index contributed by atoms with van der Waals surface area (Å²) in [6.45, 7) is 6.30. The maximum Gasteiger partial charge on any atom is 0.244 e. The molecule has 2 heterocycles. The van der Waals surface area contributed by atoms with E-state index in [2.05, 4.69) is 50.5 Å². The minimum absolute atomic E-state index is 0. The summed E-state index contributed by atoms with van der Waals surface area (Å²) in [5.74, 6) is 1.48. The van der Waals surface area contributed by atoms with E-state index in [1.165, 1.54) is 5.56 Å². The molecule has 6 nitrogen and oxygen atoms in total. The molecule has 1 aromatic carbocycles. The zero-order valence-corrected chi connectivity index (χ0v) is 20.1. The molecule has 164 valence electrons. The molecule has 1 amide bonds. The molecule has 0 radical (unpaired) electrons. The van der Waals surface area contributed by atoms with Crippen LogP contribution in [0.4, 0.5) is 0 Å². The Morgan fingerprint density at radius 1 is 1.07 bits per heavy atom. The topological polar surface area (TPSA) is 61.7 Å². The number of likely N-dealkylation sites (tertiary alicyclic amines) is 1. The van der Waals surface area contributed by atoms with Crippen LogP contribution in [0.1, 0.15) is 25.3 Å². The Kier molecular flexibility index (Phi) is 10.8. The van der Waals surface area contributed by atoms with Gasteiger partial charge in [0, 0.05) is 45.1 Å². The summed E-state index contributed by atoms with van der Waals surface area (Å²) in [7, 11) is 0. The lowest BCUT2D eigenvalue weighted by molar-refractivity contribution is -0.130. The number of carbonyl (C=O) groups is 1. The van der Waals surface area contributed by atoms with Crippen molar-refractivity contribution in [3.63, 3.8) is 0 Å². The van der Waals surface area contributed by atoms with E-state index in [4.69, 9.17) is 0 Å². The Morgan fingerprint density at radius 2 is 1.77 bits per heavy atom. The molecule has 0 atom stereocenters. The standard InChI is InChI=1S/C23H33N5O.HI/c1-2-24-23(25-12-17-27-13-6-7-14-27)26-19-22(29)28-15-10-21(11-16-28)18-20-8-4-3-5-9-20;/h3-9,13-14,21H,2,10-12,15-19H2,1H3,(H2,24,25,26);1H. The maximum absolute atomic E-state index is 12.6. The predicted octanol–water partition coefficient (Wildman–Crippen LogP) is 3.14. The summed E-state index contributed by atoms with van der Waals surface area (Å²) in [5.41, 5.74) is 1.39. The summed E-state index contributed by atoms with van der Waals surface area (Å²) in [5, 5.41) is 6.51. The number of aliphatic imine (C=N–C) groups is 1. The summed E-state index contributed by atoms with van der Waals surface area (Å²) in [4.78, 5) is 19.0. The predicted molar refractivity (Wildman–Crippen MR) is 133 cm³/mol. The lowest BCUT2D eigenvalue weighted by atomic mass is 9.90. The molecule has 1 aliphatic rings. The summed E-state index contributed by atoms with van der Waals surface area (Å²) < 4.78 is 2.11. The highest BCUT2D eigenvalue weighted by atomic mass is 127. The molecule has 1 aromatic heterocycles. The average Bonchev–Trinajstić information content (AvgIpc) is 3.26. The van der Waals surface area contributed by atoms with Gasteiger partial charge in [0.1, 0.15) is 6.54 Å². The highest BCUT2D eigenvalue weighted by Crippen LogP contribution is 2.21. The van der Waals surface area contributed by atoms with E-state index < -0.39 is 0 Å². The quantitative estimate of drug-likeness (QED) is 0.318. The number of amides is 1. The van der Waals surface area contributed by atoms with Gasteiger partial charge in [0.2, 0.25) is 5.91 Å². The van der Waals surface area contributed by atoms with Crippen LogP contribution in [-0.4, -0.2) is 54.1 Å². The molecular formula is C23H34IN5O. The van der Waals surface area contributed by atoms with Crippen LogP contribution in [-0.2, 0) is 17.8 Å². The molecule has 1 saturated heterocycles. The van der Waals surface area contributed by atoms with E-state index in [0.29, 0.717) is 11.9 Å². The van der Waals surface area contributed by atoms with Gasteiger partial charge in [0.15, 0.2) is 5.96 Å². The number of benzene rings is 1. The number of nitrogens with one attached hydrogen (secondary N) is 2. The number of carbonyl (C=O) groups excluding carboxylic acids is 1. The Balaban J connectivity index is 0.00000320. The minimum atomic E-state index is 0. The van der Waals surface area contributed by atoms with Crippen LogP contribution in [0.5, 0.6) is 0 Å². The zero-order chi connectivity index (χ0) is 20.3. The molecule has 2 aromatic rings. The second-order valence-electron chi connectivity index (χ2n) is 7.56. The van der Waals surface area contributed by atoms with Gasteiger partial charge in [0.05, 0.1) is 0 Å². The number of hydrogen-bond acceptors (Lipinski definition) is 2. The lowest BCUT2D eigenvalue weighted by Gasteiger charge is -2.32. The number of halogens is 1. The fourth-order valence-electron chi connectivity index (χ4n) is 3.74. The van der Waals surface area contributed by atoms with Gasteiger partial charge in [-0.05, 0) is 49.8 Å². The fourth-order valence-corrected chi connectivity index (χ4v) is 3.74. The molecule has 3 rings (SSSR count). The van der Waals surface area contributed by atoms with Crippen molar-refractivity contribution in [2.45, 2.75) is 32.7 Å². The molecule has 1 aliphatic heterocycles. The van der Waals surface area contributed by atoms with Crippen molar-refractivity contribution < 1.29 is 4.79 Å². The molecule has 0 spiro atoms. The van der Waals surface area contributed by atoms with Crippen LogP contribution in [0.3, 0.4) is 0 Å². The van der Waals surface area contributed by atoms with Crippen LogP contribution in [0.25, 0.3) is 0 Å². The molecule has 1 fully saturated rings. The van der Waals surface area contributed by atoms with Gasteiger partial charge in [-0.3, -0.25) is 4.79 Å². The average molecular weight is 523 g/mol. The first-order valence-electron chi connectivity index (χ1n) is 10.7. The monoisotopic (exact) mass is 523 g/mol. The third-order valence-corrected chi connectivity index (χ3v) is 5.38. The number of piperidine rings is 1. The van der Waals surface area contributed by atoms with Crippen LogP contribution < -0.4 is 10.6 Å². The van der Waals surface area contributed by atoms with Gasteiger partial charge in [-0.15, -0.1) is 24.0 Å². The molecule has 0 aliphatic carbocycles. The fraction of sp³-hybridized carbons (Fsp3) is 0.478. The Hall–Kier alpha value is -2.03. The van der Waals surface area contributed by atoms with Crippen molar-refractivity contribution in [2.75, 3.05) is 32.7 Å². The van der Waals surface area contributed by atoms with Gasteiger partial charge in [-0.1, -0.05) is 30.3 Å². The normalized spacial score (nSPS) is 14.8. The van der Waals surface area contributed by atoms with E-state index in [1.54, 1.807) is 0 Å². The SMILES string of the molecule is CCNC(=NCC(=O)N1CCC(Cc2ccccc2)CC1)NCCn1cccc1.I. The van der Waals surface area contributed by atoms with Crippen molar-refractivity contribution in [3.05, 3.63) is 60.4 Å². The second kappa shape index (κ2) is 13.3. The van der Waals surface area contributed by atoms with E-state index in [0.717, 1.165) is 52.0 Å². The number of nitrogens with zero attached hydrogens (tertiary/aromatic N) is 3. The van der Waals surface area contributed by atoms with Crippen LogP contribution in [0, 0.1) is 5.92 Å². The van der Waals surface area contributed by atoms with Gasteiger partial charge >= 0.3 is 0 Å². The molecule has 30 heavy (non-hydrogen) atoms. The van der Waals surface area contributed by atoms with Gasteiger partial charge in [-0.25, -0.2) is 4.99 Å². The first-order valence-corrected chi connectivity index (χ1v) is 10.7. The summed E-state index contributed by atoms with van der Waals surface area (Å²) in [6, 6.07) is 14.7. The Morgan fingerprint density at radius 3 is 2.43 bits per heavy atom. The van der Waals surface area contributed by atoms with Crippen molar-refractivity contribution in [1.82, 2.24) is 20.1 Å². The van der Waals surface area contributed by atoms with Crippen molar-refractivity contribution in [2.24, 2.45) is 10.9 Å². The highest BCUT2D eigenvalue weighted by molar-refractivity contribution is 14.0. The Labute approximate surface area is 197 Å². The van der Waals surface area contributed by atoms with E-state index in [-0.39, 0.29) is 36.4 Å². The van der Waals surface area contributed by atoms with Crippen molar-refractivity contribution in [3.8, 4) is 0 Å². The molecule has 0 bridgehead atoms. The molecule has 0 saturated carbocycles. The van der Waals surface area contributed by atoms with E-state index in [1.807, 2.05) is 36.4 Å². The molecular weight excluding hydrogens is 489 g/mol. The van der Waals surface area contributed by atoms with Crippen LogP contribution >= 0.6 is 24.0 Å². The largest absolute Gasteiger partial charge is 0.357 e. The Bertz CT molecular complexity index is 755.